The highest BCUT2D eigenvalue weighted by atomic mass is 16.5. The lowest BCUT2D eigenvalue weighted by Gasteiger charge is -2.10. The summed E-state index contributed by atoms with van der Waals surface area (Å²) in [5.41, 5.74) is 3.51. The highest BCUT2D eigenvalue weighted by Gasteiger charge is 2.04. The molecule has 0 unspecified atom stereocenters. The Balaban J connectivity index is 2.22. The van der Waals surface area contributed by atoms with Gasteiger partial charge in [-0.1, -0.05) is 31.0 Å². The van der Waals surface area contributed by atoms with Crippen molar-refractivity contribution in [1.82, 2.24) is 10.3 Å². The number of aromatic nitrogens is 1. The number of hydrogen-bond acceptors (Lipinski definition) is 3. The zero-order valence-electron chi connectivity index (χ0n) is 12.4. The van der Waals surface area contributed by atoms with Gasteiger partial charge in [0.15, 0.2) is 0 Å². The minimum Gasteiger partial charge on any atom is -0.439 e. The molecule has 3 nitrogen and oxygen atoms in total. The molecule has 0 saturated heterocycles. The van der Waals surface area contributed by atoms with Gasteiger partial charge in [0, 0.05) is 18.3 Å². The second-order valence-corrected chi connectivity index (χ2v) is 5.00. The van der Waals surface area contributed by atoms with Crippen LogP contribution in [0.3, 0.4) is 0 Å². The van der Waals surface area contributed by atoms with Crippen molar-refractivity contribution in [3.8, 4) is 11.6 Å². The van der Waals surface area contributed by atoms with Crippen molar-refractivity contribution in [3.63, 3.8) is 0 Å². The van der Waals surface area contributed by atoms with E-state index in [2.05, 4.69) is 30.2 Å². The van der Waals surface area contributed by atoms with Crippen molar-refractivity contribution < 1.29 is 4.74 Å². The van der Waals surface area contributed by atoms with Gasteiger partial charge in [-0.3, -0.25) is 0 Å². The molecule has 0 fully saturated rings. The Morgan fingerprint density at radius 1 is 1.15 bits per heavy atom. The van der Waals surface area contributed by atoms with E-state index in [0.717, 1.165) is 30.8 Å². The van der Waals surface area contributed by atoms with Crippen LogP contribution in [0.5, 0.6) is 11.6 Å². The summed E-state index contributed by atoms with van der Waals surface area (Å²) in [6.07, 6.45) is 2.06. The first kappa shape index (κ1) is 14.5. The van der Waals surface area contributed by atoms with Gasteiger partial charge in [-0.25, -0.2) is 4.98 Å². The first-order valence-corrected chi connectivity index (χ1v) is 7.10. The first-order valence-electron chi connectivity index (χ1n) is 7.10. The highest BCUT2D eigenvalue weighted by molar-refractivity contribution is 5.32. The van der Waals surface area contributed by atoms with Crippen LogP contribution in [-0.2, 0) is 13.0 Å². The molecule has 1 N–H and O–H groups in total. The van der Waals surface area contributed by atoms with Crippen LogP contribution in [0.15, 0.2) is 36.4 Å². The zero-order chi connectivity index (χ0) is 14.4. The molecule has 0 bridgehead atoms. The average molecular weight is 270 g/mol. The van der Waals surface area contributed by atoms with Crippen LogP contribution >= 0.6 is 0 Å². The van der Waals surface area contributed by atoms with E-state index in [0.29, 0.717) is 5.88 Å². The summed E-state index contributed by atoms with van der Waals surface area (Å²) in [7, 11) is 1.94. The van der Waals surface area contributed by atoms with Gasteiger partial charge in [0.1, 0.15) is 5.75 Å². The lowest BCUT2D eigenvalue weighted by molar-refractivity contribution is 0.459. The molecule has 2 aromatic rings. The number of pyridine rings is 1. The Morgan fingerprint density at radius 2 is 1.90 bits per heavy atom. The maximum Gasteiger partial charge on any atom is 0.219 e. The smallest absolute Gasteiger partial charge is 0.219 e. The van der Waals surface area contributed by atoms with Gasteiger partial charge >= 0.3 is 0 Å². The molecule has 0 atom stereocenters. The molecule has 0 aliphatic rings. The largest absolute Gasteiger partial charge is 0.439 e. The fraction of sp³-hybridized carbons (Fsp3) is 0.353. The monoisotopic (exact) mass is 270 g/mol. The molecule has 0 aliphatic carbocycles. The standard InChI is InChI=1S/C17H22N2O/c1-4-5-15-10-14(12-18-3)11-17(19-15)20-16-8-6-13(2)7-9-16/h6-11,18H,4-5,12H2,1-3H3. The van der Waals surface area contributed by atoms with Crippen molar-refractivity contribution in [2.45, 2.75) is 33.2 Å². The fourth-order valence-electron chi connectivity index (χ4n) is 2.09. The summed E-state index contributed by atoms with van der Waals surface area (Å²) in [4.78, 5) is 4.57. The third kappa shape index (κ3) is 4.07. The van der Waals surface area contributed by atoms with E-state index in [1.165, 1.54) is 11.1 Å². The topological polar surface area (TPSA) is 34.1 Å². The molecule has 2 rings (SSSR count). The second-order valence-electron chi connectivity index (χ2n) is 5.00. The summed E-state index contributed by atoms with van der Waals surface area (Å²) in [6.45, 7) is 5.05. The number of nitrogens with zero attached hydrogens (tertiary/aromatic N) is 1. The average Bonchev–Trinajstić information content (AvgIpc) is 2.42. The number of rotatable bonds is 6. The summed E-state index contributed by atoms with van der Waals surface area (Å²) >= 11 is 0. The first-order chi connectivity index (χ1) is 9.71. The Hall–Kier alpha value is -1.87. The minimum atomic E-state index is 0.671. The third-order valence-corrected chi connectivity index (χ3v) is 3.05. The molecule has 3 heteroatoms. The van der Waals surface area contributed by atoms with Crippen molar-refractivity contribution in [1.29, 1.82) is 0 Å². The Morgan fingerprint density at radius 3 is 2.55 bits per heavy atom. The summed E-state index contributed by atoms with van der Waals surface area (Å²) < 4.78 is 5.87. The number of nitrogens with one attached hydrogen (secondary N) is 1. The predicted octanol–water partition coefficient (Wildman–Crippen LogP) is 3.85. The molecule has 0 amide bonds. The molecular weight excluding hydrogens is 248 g/mol. The number of ether oxygens (including phenoxy) is 1. The van der Waals surface area contributed by atoms with Crippen LogP contribution in [0.1, 0.15) is 30.2 Å². The van der Waals surface area contributed by atoms with Gasteiger partial charge in [-0.15, -0.1) is 0 Å². The molecule has 0 saturated carbocycles. The SMILES string of the molecule is CCCc1cc(CNC)cc(Oc2ccc(C)cc2)n1. The van der Waals surface area contributed by atoms with E-state index < -0.39 is 0 Å². The molecule has 1 aromatic heterocycles. The van der Waals surface area contributed by atoms with Crippen LogP contribution < -0.4 is 10.1 Å². The van der Waals surface area contributed by atoms with E-state index in [1.807, 2.05) is 37.4 Å². The molecule has 106 valence electrons. The Bertz CT molecular complexity index is 525. The third-order valence-electron chi connectivity index (χ3n) is 3.05. The molecular formula is C17H22N2O. The summed E-state index contributed by atoms with van der Waals surface area (Å²) in [5.74, 6) is 1.50. The van der Waals surface area contributed by atoms with Crippen LogP contribution in [0.4, 0.5) is 0 Å². The molecule has 0 radical (unpaired) electrons. The Labute approximate surface area is 121 Å². The van der Waals surface area contributed by atoms with Gasteiger partial charge in [-0.05, 0) is 44.2 Å². The van der Waals surface area contributed by atoms with Crippen molar-refractivity contribution >= 4 is 0 Å². The van der Waals surface area contributed by atoms with Crippen LogP contribution in [0, 0.1) is 6.92 Å². The summed E-state index contributed by atoms with van der Waals surface area (Å²) in [5, 5.41) is 3.17. The van der Waals surface area contributed by atoms with Gasteiger partial charge < -0.3 is 10.1 Å². The van der Waals surface area contributed by atoms with Crippen LogP contribution in [0.25, 0.3) is 0 Å². The van der Waals surface area contributed by atoms with E-state index >= 15 is 0 Å². The van der Waals surface area contributed by atoms with Crippen molar-refractivity contribution in [2.75, 3.05) is 7.05 Å². The lowest BCUT2D eigenvalue weighted by Crippen LogP contribution is -2.06. The highest BCUT2D eigenvalue weighted by Crippen LogP contribution is 2.22. The van der Waals surface area contributed by atoms with Gasteiger partial charge in [0.05, 0.1) is 0 Å². The second kappa shape index (κ2) is 7.06. The molecule has 1 heterocycles. The number of benzene rings is 1. The number of aryl methyl sites for hydroxylation is 2. The van der Waals surface area contributed by atoms with E-state index in [9.17, 15) is 0 Å². The summed E-state index contributed by atoms with van der Waals surface area (Å²) in [6, 6.07) is 12.2. The quantitative estimate of drug-likeness (QED) is 0.865. The van der Waals surface area contributed by atoms with Crippen LogP contribution in [-0.4, -0.2) is 12.0 Å². The maximum absolute atomic E-state index is 5.87. The molecule has 0 aliphatic heterocycles. The Kier molecular flexibility index (Phi) is 5.13. The molecule has 0 spiro atoms. The van der Waals surface area contributed by atoms with Crippen molar-refractivity contribution in [2.24, 2.45) is 0 Å². The van der Waals surface area contributed by atoms with E-state index in [1.54, 1.807) is 0 Å². The van der Waals surface area contributed by atoms with Crippen LogP contribution in [0.2, 0.25) is 0 Å². The minimum absolute atomic E-state index is 0.671. The van der Waals surface area contributed by atoms with Gasteiger partial charge in [0.25, 0.3) is 0 Å². The van der Waals surface area contributed by atoms with Gasteiger partial charge in [-0.2, -0.15) is 0 Å². The fourth-order valence-corrected chi connectivity index (χ4v) is 2.09. The molecule has 20 heavy (non-hydrogen) atoms. The maximum atomic E-state index is 5.87. The van der Waals surface area contributed by atoms with Crippen molar-refractivity contribution in [3.05, 3.63) is 53.2 Å². The lowest BCUT2D eigenvalue weighted by atomic mass is 10.1. The van der Waals surface area contributed by atoms with Gasteiger partial charge in [0.2, 0.25) is 5.88 Å². The van der Waals surface area contributed by atoms with E-state index in [-0.39, 0.29) is 0 Å². The predicted molar refractivity (Wildman–Crippen MR) is 82.2 cm³/mol. The normalized spacial score (nSPS) is 10.6. The van der Waals surface area contributed by atoms with E-state index in [4.69, 9.17) is 4.74 Å². The number of hydrogen-bond donors (Lipinski definition) is 1. The zero-order valence-corrected chi connectivity index (χ0v) is 12.4. The molecule has 1 aromatic carbocycles.